The summed E-state index contributed by atoms with van der Waals surface area (Å²) < 4.78 is 15.8. The highest BCUT2D eigenvalue weighted by molar-refractivity contribution is 5.97. The third-order valence-electron chi connectivity index (χ3n) is 4.86. The van der Waals surface area contributed by atoms with Crippen LogP contribution in [0.4, 0.5) is 5.69 Å². The van der Waals surface area contributed by atoms with Gasteiger partial charge >= 0.3 is 5.97 Å². The fraction of sp³-hybridized carbons (Fsp3) is 0.333. The maximum atomic E-state index is 12.5. The van der Waals surface area contributed by atoms with Gasteiger partial charge in [0.05, 0.1) is 14.2 Å². The lowest BCUT2D eigenvalue weighted by Gasteiger charge is -2.17. The zero-order valence-corrected chi connectivity index (χ0v) is 18.1. The summed E-state index contributed by atoms with van der Waals surface area (Å²) >= 11 is 0. The van der Waals surface area contributed by atoms with Crippen LogP contribution < -0.4 is 14.8 Å². The minimum absolute atomic E-state index is 0.306. The smallest absolute Gasteiger partial charge is 0.331 e. The van der Waals surface area contributed by atoms with E-state index in [9.17, 15) is 9.59 Å². The van der Waals surface area contributed by atoms with Gasteiger partial charge in [0.1, 0.15) is 0 Å². The molecule has 0 aliphatic heterocycles. The SMILES string of the molecule is CC[C@H](C)c1ccccc1NC(=O)[C@@H](C)OC(=O)/C=C/c1cccc(OC)c1OC. The van der Waals surface area contributed by atoms with Crippen molar-refractivity contribution in [1.29, 1.82) is 0 Å². The molecule has 30 heavy (non-hydrogen) atoms. The lowest BCUT2D eigenvalue weighted by molar-refractivity contribution is -0.148. The van der Waals surface area contributed by atoms with E-state index in [0.717, 1.165) is 17.7 Å². The Labute approximate surface area is 177 Å². The van der Waals surface area contributed by atoms with Crippen LogP contribution in [0.15, 0.2) is 48.5 Å². The Balaban J connectivity index is 2.03. The average Bonchev–Trinajstić information content (AvgIpc) is 2.76. The average molecular weight is 411 g/mol. The molecule has 6 nitrogen and oxygen atoms in total. The quantitative estimate of drug-likeness (QED) is 0.474. The van der Waals surface area contributed by atoms with Crippen molar-refractivity contribution in [3.05, 3.63) is 59.7 Å². The van der Waals surface area contributed by atoms with E-state index >= 15 is 0 Å². The summed E-state index contributed by atoms with van der Waals surface area (Å²) in [4.78, 5) is 24.7. The summed E-state index contributed by atoms with van der Waals surface area (Å²) in [5.41, 5.74) is 2.45. The molecule has 0 spiro atoms. The maximum absolute atomic E-state index is 12.5. The lowest BCUT2D eigenvalue weighted by atomic mass is 9.97. The summed E-state index contributed by atoms with van der Waals surface area (Å²) in [5.74, 6) is 0.363. The van der Waals surface area contributed by atoms with Crippen molar-refractivity contribution < 1.29 is 23.8 Å². The van der Waals surface area contributed by atoms with Crippen molar-refractivity contribution in [2.24, 2.45) is 0 Å². The summed E-state index contributed by atoms with van der Waals surface area (Å²) in [5, 5.41) is 2.86. The molecule has 0 heterocycles. The first-order valence-electron chi connectivity index (χ1n) is 9.90. The Hall–Kier alpha value is -3.28. The maximum Gasteiger partial charge on any atom is 0.331 e. The summed E-state index contributed by atoms with van der Waals surface area (Å²) in [7, 11) is 3.07. The number of esters is 1. The van der Waals surface area contributed by atoms with Crippen molar-refractivity contribution in [2.45, 2.75) is 39.2 Å². The number of anilines is 1. The molecule has 0 radical (unpaired) electrons. The van der Waals surface area contributed by atoms with Crippen LogP contribution >= 0.6 is 0 Å². The molecule has 0 saturated heterocycles. The van der Waals surface area contributed by atoms with Crippen LogP contribution in [0.2, 0.25) is 0 Å². The number of para-hydroxylation sites is 2. The molecule has 0 aliphatic carbocycles. The normalized spacial score (nSPS) is 12.8. The van der Waals surface area contributed by atoms with Crippen molar-refractivity contribution in [3.63, 3.8) is 0 Å². The van der Waals surface area contributed by atoms with Crippen LogP contribution in [-0.2, 0) is 14.3 Å². The summed E-state index contributed by atoms with van der Waals surface area (Å²) in [6.07, 6.45) is 2.83. The molecule has 1 amide bonds. The monoisotopic (exact) mass is 411 g/mol. The summed E-state index contributed by atoms with van der Waals surface area (Å²) in [6.45, 7) is 5.74. The first kappa shape index (κ1) is 23.0. The topological polar surface area (TPSA) is 73.9 Å². The van der Waals surface area contributed by atoms with Gasteiger partial charge in [0, 0.05) is 17.3 Å². The van der Waals surface area contributed by atoms with E-state index in [1.165, 1.54) is 13.2 Å². The van der Waals surface area contributed by atoms with Gasteiger partial charge in [-0.3, -0.25) is 4.79 Å². The first-order valence-corrected chi connectivity index (χ1v) is 9.90. The minimum Gasteiger partial charge on any atom is -0.493 e. The zero-order valence-electron chi connectivity index (χ0n) is 18.1. The standard InChI is InChI=1S/C24H29NO5/c1-6-16(2)19-11-7-8-12-20(19)25-24(27)17(3)30-22(26)15-14-18-10-9-13-21(28-4)23(18)29-5/h7-17H,6H2,1-5H3,(H,25,27)/b15-14+/t16-,17+/m0/s1. The van der Waals surface area contributed by atoms with Crippen molar-refractivity contribution in [2.75, 3.05) is 19.5 Å². The highest BCUT2D eigenvalue weighted by atomic mass is 16.5. The molecule has 0 saturated carbocycles. The van der Waals surface area contributed by atoms with E-state index in [0.29, 0.717) is 23.0 Å². The molecule has 2 atom stereocenters. The number of hydrogen-bond donors (Lipinski definition) is 1. The lowest BCUT2D eigenvalue weighted by Crippen LogP contribution is -2.29. The van der Waals surface area contributed by atoms with Gasteiger partial charge in [-0.2, -0.15) is 0 Å². The largest absolute Gasteiger partial charge is 0.493 e. The third-order valence-corrected chi connectivity index (χ3v) is 4.86. The molecule has 1 N–H and O–H groups in total. The number of benzene rings is 2. The molecule has 2 aromatic rings. The van der Waals surface area contributed by atoms with Crippen LogP contribution in [0.5, 0.6) is 11.5 Å². The Morgan fingerprint density at radius 1 is 1.03 bits per heavy atom. The number of nitrogens with one attached hydrogen (secondary N) is 1. The van der Waals surface area contributed by atoms with E-state index < -0.39 is 12.1 Å². The van der Waals surface area contributed by atoms with E-state index in [4.69, 9.17) is 14.2 Å². The molecule has 0 aliphatic rings. The number of hydrogen-bond acceptors (Lipinski definition) is 5. The van der Waals surface area contributed by atoms with E-state index in [2.05, 4.69) is 19.2 Å². The van der Waals surface area contributed by atoms with Gasteiger partial charge in [0.2, 0.25) is 0 Å². The van der Waals surface area contributed by atoms with Crippen molar-refractivity contribution in [1.82, 2.24) is 0 Å². The molecule has 2 aromatic carbocycles. The number of amides is 1. The molecule has 0 aromatic heterocycles. The van der Waals surface area contributed by atoms with E-state index in [1.54, 1.807) is 38.3 Å². The number of ether oxygens (including phenoxy) is 3. The number of carbonyl (C=O) groups excluding carboxylic acids is 2. The van der Waals surface area contributed by atoms with Gasteiger partial charge in [0.25, 0.3) is 5.91 Å². The van der Waals surface area contributed by atoms with Gasteiger partial charge in [-0.1, -0.05) is 44.2 Å². The number of carbonyl (C=O) groups is 2. The molecular weight excluding hydrogens is 382 g/mol. The van der Waals surface area contributed by atoms with E-state index in [1.807, 2.05) is 24.3 Å². The Bertz CT molecular complexity index is 906. The highest BCUT2D eigenvalue weighted by Gasteiger charge is 2.19. The van der Waals surface area contributed by atoms with Gasteiger partial charge in [-0.25, -0.2) is 4.79 Å². The first-order chi connectivity index (χ1) is 14.4. The predicted molar refractivity (Wildman–Crippen MR) is 118 cm³/mol. The van der Waals surface area contributed by atoms with Crippen LogP contribution in [0, 0.1) is 0 Å². The Morgan fingerprint density at radius 2 is 1.77 bits per heavy atom. The fourth-order valence-corrected chi connectivity index (χ4v) is 2.96. The van der Waals surface area contributed by atoms with Crippen LogP contribution in [-0.4, -0.2) is 32.2 Å². The molecule has 6 heteroatoms. The highest BCUT2D eigenvalue weighted by Crippen LogP contribution is 2.31. The van der Waals surface area contributed by atoms with Gasteiger partial charge in [0.15, 0.2) is 17.6 Å². The summed E-state index contributed by atoms with van der Waals surface area (Å²) in [6, 6.07) is 13.0. The van der Waals surface area contributed by atoms with Crippen molar-refractivity contribution >= 4 is 23.6 Å². The number of methoxy groups -OCH3 is 2. The second-order valence-corrected chi connectivity index (χ2v) is 6.88. The molecule has 0 unspecified atom stereocenters. The Kier molecular flexibility index (Phi) is 8.47. The van der Waals surface area contributed by atoms with Crippen LogP contribution in [0.25, 0.3) is 6.08 Å². The van der Waals surface area contributed by atoms with Crippen molar-refractivity contribution in [3.8, 4) is 11.5 Å². The molecule has 160 valence electrons. The Morgan fingerprint density at radius 3 is 2.43 bits per heavy atom. The fourth-order valence-electron chi connectivity index (χ4n) is 2.96. The number of rotatable bonds is 9. The second-order valence-electron chi connectivity index (χ2n) is 6.88. The second kappa shape index (κ2) is 11.0. The third kappa shape index (κ3) is 5.86. The molecule has 2 rings (SSSR count). The zero-order chi connectivity index (χ0) is 22.1. The minimum atomic E-state index is -0.945. The molecular formula is C24H29NO5. The molecule has 0 bridgehead atoms. The van der Waals surface area contributed by atoms with Gasteiger partial charge in [-0.05, 0) is 43.0 Å². The molecule has 0 fully saturated rings. The van der Waals surface area contributed by atoms with Gasteiger partial charge < -0.3 is 19.5 Å². The van der Waals surface area contributed by atoms with E-state index in [-0.39, 0.29) is 5.91 Å². The van der Waals surface area contributed by atoms with Crippen LogP contribution in [0.3, 0.4) is 0 Å². The predicted octanol–water partition coefficient (Wildman–Crippen LogP) is 4.80. The van der Waals surface area contributed by atoms with Crippen LogP contribution in [0.1, 0.15) is 44.2 Å². The van der Waals surface area contributed by atoms with Gasteiger partial charge in [-0.15, -0.1) is 0 Å².